The Labute approximate surface area is 158 Å². The van der Waals surface area contributed by atoms with E-state index in [1.165, 1.54) is 0 Å². The Balaban J connectivity index is 1.87. The maximum atomic E-state index is 12.8. The van der Waals surface area contributed by atoms with E-state index in [-0.39, 0.29) is 18.9 Å². The summed E-state index contributed by atoms with van der Waals surface area (Å²) < 4.78 is 43.8. The standard InChI is InChI=1S/C19H29F3N4O/c1-3-11-27-17-10-5-14(12-24-17)13-25-18(23-4-2)26-16-8-6-15(7-9-16)19(20,21)22/h5,10,12,15-16H,3-4,6-9,11,13H2,1-2H3,(H2,23,25,26). The largest absolute Gasteiger partial charge is 0.478 e. The molecule has 1 saturated carbocycles. The number of hydrogen-bond donors (Lipinski definition) is 2. The van der Waals surface area contributed by atoms with Crippen molar-refractivity contribution in [3.63, 3.8) is 0 Å². The van der Waals surface area contributed by atoms with Gasteiger partial charge in [-0.2, -0.15) is 13.2 Å². The number of ether oxygens (including phenoxy) is 1. The van der Waals surface area contributed by atoms with E-state index in [0.29, 0.717) is 44.4 Å². The first-order valence-corrected chi connectivity index (χ1v) is 9.61. The molecule has 0 aromatic carbocycles. The average molecular weight is 386 g/mol. The molecule has 0 bridgehead atoms. The lowest BCUT2D eigenvalue weighted by Crippen LogP contribution is -2.45. The molecule has 0 spiro atoms. The van der Waals surface area contributed by atoms with Gasteiger partial charge in [0.1, 0.15) is 0 Å². The van der Waals surface area contributed by atoms with Gasteiger partial charge in [-0.15, -0.1) is 0 Å². The van der Waals surface area contributed by atoms with Crippen LogP contribution in [0.1, 0.15) is 51.5 Å². The fraction of sp³-hybridized carbons (Fsp3) is 0.684. The third-order valence-electron chi connectivity index (χ3n) is 4.55. The van der Waals surface area contributed by atoms with Gasteiger partial charge in [0.15, 0.2) is 5.96 Å². The van der Waals surface area contributed by atoms with Gasteiger partial charge in [0.25, 0.3) is 0 Å². The molecule has 0 atom stereocenters. The number of alkyl halides is 3. The number of halogens is 3. The second kappa shape index (κ2) is 10.4. The first kappa shape index (κ1) is 21.3. The number of aliphatic imine (C=N–C) groups is 1. The lowest BCUT2D eigenvalue weighted by molar-refractivity contribution is -0.182. The van der Waals surface area contributed by atoms with Crippen LogP contribution in [0.3, 0.4) is 0 Å². The summed E-state index contributed by atoms with van der Waals surface area (Å²) in [4.78, 5) is 8.78. The number of nitrogens with one attached hydrogen (secondary N) is 2. The van der Waals surface area contributed by atoms with Gasteiger partial charge in [0, 0.05) is 24.8 Å². The Kier molecular flexibility index (Phi) is 8.19. The second-order valence-electron chi connectivity index (χ2n) is 6.78. The lowest BCUT2D eigenvalue weighted by atomic mass is 9.85. The number of guanidine groups is 1. The van der Waals surface area contributed by atoms with Crippen LogP contribution in [0.4, 0.5) is 13.2 Å². The quantitative estimate of drug-likeness (QED) is 0.548. The molecule has 0 radical (unpaired) electrons. The molecule has 1 fully saturated rings. The first-order chi connectivity index (χ1) is 12.9. The predicted molar refractivity (Wildman–Crippen MR) is 99.8 cm³/mol. The van der Waals surface area contributed by atoms with E-state index in [9.17, 15) is 13.2 Å². The Morgan fingerprint density at radius 3 is 2.52 bits per heavy atom. The van der Waals surface area contributed by atoms with Crippen LogP contribution in [0.2, 0.25) is 0 Å². The summed E-state index contributed by atoms with van der Waals surface area (Å²) in [6.07, 6.45) is -0.0842. The Morgan fingerprint density at radius 2 is 1.96 bits per heavy atom. The molecule has 2 rings (SSSR count). The molecule has 0 aliphatic heterocycles. The molecule has 1 aliphatic carbocycles. The van der Waals surface area contributed by atoms with Crippen LogP contribution in [0, 0.1) is 5.92 Å². The van der Waals surface area contributed by atoms with Crippen molar-refractivity contribution < 1.29 is 17.9 Å². The Bertz CT molecular complexity index is 582. The van der Waals surface area contributed by atoms with Gasteiger partial charge in [-0.25, -0.2) is 9.98 Å². The molecule has 152 valence electrons. The van der Waals surface area contributed by atoms with Gasteiger partial charge < -0.3 is 15.4 Å². The van der Waals surface area contributed by atoms with E-state index in [4.69, 9.17) is 4.74 Å². The third kappa shape index (κ3) is 7.27. The molecule has 0 saturated heterocycles. The number of rotatable bonds is 7. The highest BCUT2D eigenvalue weighted by Crippen LogP contribution is 2.37. The van der Waals surface area contributed by atoms with Crippen molar-refractivity contribution in [1.82, 2.24) is 15.6 Å². The van der Waals surface area contributed by atoms with E-state index in [0.717, 1.165) is 12.0 Å². The maximum absolute atomic E-state index is 12.8. The van der Waals surface area contributed by atoms with Crippen molar-refractivity contribution in [3.05, 3.63) is 23.9 Å². The van der Waals surface area contributed by atoms with E-state index in [1.807, 2.05) is 26.0 Å². The third-order valence-corrected chi connectivity index (χ3v) is 4.55. The molecular weight excluding hydrogens is 357 g/mol. The van der Waals surface area contributed by atoms with Gasteiger partial charge in [-0.1, -0.05) is 13.0 Å². The highest BCUT2D eigenvalue weighted by molar-refractivity contribution is 5.80. The van der Waals surface area contributed by atoms with E-state index >= 15 is 0 Å². The minimum atomic E-state index is -4.08. The van der Waals surface area contributed by atoms with Gasteiger partial charge >= 0.3 is 6.18 Å². The van der Waals surface area contributed by atoms with Gasteiger partial charge in [-0.05, 0) is 44.6 Å². The van der Waals surface area contributed by atoms with Crippen LogP contribution in [0.25, 0.3) is 0 Å². The normalized spacial score (nSPS) is 21.0. The molecule has 5 nitrogen and oxygen atoms in total. The maximum Gasteiger partial charge on any atom is 0.391 e. The number of pyridine rings is 1. The molecule has 27 heavy (non-hydrogen) atoms. The van der Waals surface area contributed by atoms with Crippen LogP contribution in [-0.2, 0) is 6.54 Å². The van der Waals surface area contributed by atoms with Crippen molar-refractivity contribution in [3.8, 4) is 5.88 Å². The zero-order chi connectivity index (χ0) is 19.7. The molecule has 0 amide bonds. The zero-order valence-electron chi connectivity index (χ0n) is 16.0. The molecular formula is C19H29F3N4O. The molecule has 1 aromatic heterocycles. The minimum Gasteiger partial charge on any atom is -0.478 e. The van der Waals surface area contributed by atoms with Crippen LogP contribution < -0.4 is 15.4 Å². The average Bonchev–Trinajstić information content (AvgIpc) is 2.65. The van der Waals surface area contributed by atoms with Crippen LogP contribution in [-0.4, -0.2) is 36.3 Å². The molecule has 1 aliphatic rings. The monoisotopic (exact) mass is 386 g/mol. The molecule has 1 heterocycles. The topological polar surface area (TPSA) is 58.5 Å². The Hall–Kier alpha value is -1.99. The summed E-state index contributed by atoms with van der Waals surface area (Å²) in [6.45, 7) is 5.75. The van der Waals surface area contributed by atoms with Crippen LogP contribution in [0.15, 0.2) is 23.3 Å². The summed E-state index contributed by atoms with van der Waals surface area (Å²) >= 11 is 0. The highest BCUT2D eigenvalue weighted by atomic mass is 19.4. The molecule has 8 heteroatoms. The smallest absolute Gasteiger partial charge is 0.391 e. The SMILES string of the molecule is CCCOc1ccc(CN=C(NCC)NC2CCC(C(F)(F)F)CC2)cn1. The summed E-state index contributed by atoms with van der Waals surface area (Å²) in [5.41, 5.74) is 0.942. The number of aromatic nitrogens is 1. The van der Waals surface area contributed by atoms with Gasteiger partial charge in [0.2, 0.25) is 5.88 Å². The highest BCUT2D eigenvalue weighted by Gasteiger charge is 2.41. The minimum absolute atomic E-state index is 0.0179. The predicted octanol–water partition coefficient (Wildman–Crippen LogP) is 4.05. The van der Waals surface area contributed by atoms with Gasteiger partial charge in [0.05, 0.1) is 19.1 Å². The Morgan fingerprint density at radius 1 is 1.22 bits per heavy atom. The first-order valence-electron chi connectivity index (χ1n) is 9.61. The summed E-state index contributed by atoms with van der Waals surface area (Å²) in [5.74, 6) is 0.0462. The van der Waals surface area contributed by atoms with Crippen LogP contribution in [0.5, 0.6) is 5.88 Å². The fourth-order valence-electron chi connectivity index (χ4n) is 3.05. The van der Waals surface area contributed by atoms with Crippen molar-refractivity contribution in [2.75, 3.05) is 13.2 Å². The zero-order valence-corrected chi connectivity index (χ0v) is 16.0. The van der Waals surface area contributed by atoms with E-state index in [2.05, 4.69) is 20.6 Å². The number of hydrogen-bond acceptors (Lipinski definition) is 3. The number of nitrogens with zero attached hydrogens (tertiary/aromatic N) is 2. The van der Waals surface area contributed by atoms with Crippen molar-refractivity contribution in [1.29, 1.82) is 0 Å². The van der Waals surface area contributed by atoms with Crippen molar-refractivity contribution >= 4 is 5.96 Å². The summed E-state index contributed by atoms with van der Waals surface area (Å²) in [5, 5.41) is 6.42. The van der Waals surface area contributed by atoms with Crippen LogP contribution >= 0.6 is 0 Å². The summed E-state index contributed by atoms with van der Waals surface area (Å²) in [6, 6.07) is 3.75. The van der Waals surface area contributed by atoms with Gasteiger partial charge in [-0.3, -0.25) is 0 Å². The molecule has 0 unspecified atom stereocenters. The van der Waals surface area contributed by atoms with E-state index in [1.54, 1.807) is 6.20 Å². The molecule has 2 N–H and O–H groups in total. The van der Waals surface area contributed by atoms with E-state index < -0.39 is 12.1 Å². The van der Waals surface area contributed by atoms with Crippen molar-refractivity contribution in [2.45, 2.75) is 64.7 Å². The molecule has 1 aromatic rings. The lowest BCUT2D eigenvalue weighted by Gasteiger charge is -2.31. The second-order valence-corrected chi connectivity index (χ2v) is 6.78. The fourth-order valence-corrected chi connectivity index (χ4v) is 3.05. The van der Waals surface area contributed by atoms with Crippen molar-refractivity contribution in [2.24, 2.45) is 10.9 Å². The summed E-state index contributed by atoms with van der Waals surface area (Å²) in [7, 11) is 0.